The molecule has 23 heavy (non-hydrogen) atoms. The van der Waals surface area contributed by atoms with E-state index in [0.29, 0.717) is 5.56 Å². The van der Waals surface area contributed by atoms with Crippen LogP contribution in [0.2, 0.25) is 0 Å². The summed E-state index contributed by atoms with van der Waals surface area (Å²) in [5.74, 6) is 0.0273. The van der Waals surface area contributed by atoms with Gasteiger partial charge in [0.25, 0.3) is 10.0 Å². The Balaban J connectivity index is 1.95. The van der Waals surface area contributed by atoms with Gasteiger partial charge in [0.15, 0.2) is 0 Å². The van der Waals surface area contributed by atoms with Crippen molar-refractivity contribution >= 4 is 21.8 Å². The predicted molar refractivity (Wildman–Crippen MR) is 89.9 cm³/mol. The topological polar surface area (TPSA) is 87.6 Å². The number of amidine groups is 1. The summed E-state index contributed by atoms with van der Waals surface area (Å²) >= 11 is 0. The van der Waals surface area contributed by atoms with E-state index in [4.69, 9.17) is 0 Å². The second-order valence-corrected chi connectivity index (χ2v) is 7.38. The third kappa shape index (κ3) is 4.54. The second-order valence-electron chi connectivity index (χ2n) is 5.73. The molecule has 1 aromatic carbocycles. The van der Waals surface area contributed by atoms with E-state index in [1.54, 1.807) is 18.2 Å². The molecule has 6 nitrogen and oxygen atoms in total. The fraction of sp³-hybridized carbons (Fsp3) is 0.500. The highest BCUT2D eigenvalue weighted by atomic mass is 32.2. The average Bonchev–Trinajstić information content (AvgIpc) is 2.77. The number of nitrogens with one attached hydrogen (secondary N) is 2. The summed E-state index contributed by atoms with van der Waals surface area (Å²) in [6.07, 6.45) is 4.32. The van der Waals surface area contributed by atoms with Crippen LogP contribution in [-0.2, 0) is 14.8 Å². The molecule has 0 radical (unpaired) electrons. The van der Waals surface area contributed by atoms with Crippen LogP contribution in [0.25, 0.3) is 0 Å². The Morgan fingerprint density at radius 2 is 2.04 bits per heavy atom. The van der Waals surface area contributed by atoms with Gasteiger partial charge in [-0.2, -0.15) is 0 Å². The second kappa shape index (κ2) is 7.59. The monoisotopic (exact) mass is 337 g/mol. The molecule has 0 saturated heterocycles. The van der Waals surface area contributed by atoms with Crippen molar-refractivity contribution in [2.75, 3.05) is 6.54 Å². The molecular weight excluding hydrogens is 314 g/mol. The molecule has 1 aromatic rings. The van der Waals surface area contributed by atoms with E-state index in [0.717, 1.165) is 25.7 Å². The SMILES string of the molecule is CCCCCC(C)NC(=O)CN=C1NS(=O)(=O)c2ccccc21. The maximum absolute atomic E-state index is 11.9. The number of benzene rings is 1. The first-order valence-corrected chi connectivity index (χ1v) is 9.38. The van der Waals surface area contributed by atoms with Crippen LogP contribution in [0.3, 0.4) is 0 Å². The van der Waals surface area contributed by atoms with Crippen LogP contribution in [-0.4, -0.2) is 32.7 Å². The molecule has 1 unspecified atom stereocenters. The summed E-state index contributed by atoms with van der Waals surface area (Å²) in [4.78, 5) is 16.2. The van der Waals surface area contributed by atoms with Crippen LogP contribution in [0, 0.1) is 0 Å². The molecule has 0 aliphatic carbocycles. The number of rotatable bonds is 7. The zero-order valence-corrected chi connectivity index (χ0v) is 14.3. The third-order valence-corrected chi connectivity index (χ3v) is 5.09. The van der Waals surface area contributed by atoms with Crippen molar-refractivity contribution in [3.05, 3.63) is 29.8 Å². The minimum Gasteiger partial charge on any atom is -0.352 e. The fourth-order valence-electron chi connectivity index (χ4n) is 2.50. The molecular formula is C16H23N3O3S. The smallest absolute Gasteiger partial charge is 0.263 e. The Labute approximate surface area is 137 Å². The Kier molecular flexibility index (Phi) is 5.76. The van der Waals surface area contributed by atoms with Crippen LogP contribution in [0.1, 0.15) is 45.1 Å². The molecule has 1 amide bonds. The quantitative estimate of drug-likeness (QED) is 0.744. The van der Waals surface area contributed by atoms with Gasteiger partial charge in [0.1, 0.15) is 12.4 Å². The first kappa shape index (κ1) is 17.5. The summed E-state index contributed by atoms with van der Waals surface area (Å²) in [6.45, 7) is 4.01. The minimum atomic E-state index is -3.55. The van der Waals surface area contributed by atoms with E-state index < -0.39 is 10.0 Å². The number of carbonyl (C=O) groups excluding carboxylic acids is 1. The Morgan fingerprint density at radius 3 is 2.78 bits per heavy atom. The number of fused-ring (bicyclic) bond motifs is 1. The number of amides is 1. The average molecular weight is 337 g/mol. The number of aliphatic imine (C=N–C) groups is 1. The maximum atomic E-state index is 11.9. The van der Waals surface area contributed by atoms with Gasteiger partial charge in [0.05, 0.1) is 4.90 Å². The van der Waals surface area contributed by atoms with Crippen molar-refractivity contribution in [2.24, 2.45) is 4.99 Å². The number of nitrogens with zero attached hydrogens (tertiary/aromatic N) is 1. The summed E-state index contributed by atoms with van der Waals surface area (Å²) in [6, 6.07) is 6.70. The Morgan fingerprint density at radius 1 is 1.30 bits per heavy atom. The molecule has 1 aliphatic heterocycles. The van der Waals surface area contributed by atoms with E-state index in [-0.39, 0.29) is 29.2 Å². The van der Waals surface area contributed by atoms with E-state index in [9.17, 15) is 13.2 Å². The van der Waals surface area contributed by atoms with Crippen LogP contribution in [0.4, 0.5) is 0 Å². The van der Waals surface area contributed by atoms with Gasteiger partial charge < -0.3 is 5.32 Å². The van der Waals surface area contributed by atoms with E-state index in [2.05, 4.69) is 22.0 Å². The summed E-state index contributed by atoms with van der Waals surface area (Å²) in [7, 11) is -3.55. The molecule has 2 rings (SSSR count). The van der Waals surface area contributed by atoms with Gasteiger partial charge in [-0.1, -0.05) is 38.3 Å². The van der Waals surface area contributed by atoms with Crippen molar-refractivity contribution in [1.29, 1.82) is 0 Å². The molecule has 0 spiro atoms. The zero-order valence-electron chi connectivity index (χ0n) is 13.5. The van der Waals surface area contributed by atoms with Gasteiger partial charge in [-0.15, -0.1) is 0 Å². The largest absolute Gasteiger partial charge is 0.352 e. The van der Waals surface area contributed by atoms with Crippen molar-refractivity contribution in [3.8, 4) is 0 Å². The van der Waals surface area contributed by atoms with E-state index >= 15 is 0 Å². The highest BCUT2D eigenvalue weighted by Crippen LogP contribution is 2.21. The molecule has 0 aromatic heterocycles. The lowest BCUT2D eigenvalue weighted by Crippen LogP contribution is -2.34. The number of hydrogen-bond donors (Lipinski definition) is 2. The van der Waals surface area contributed by atoms with Crippen molar-refractivity contribution in [1.82, 2.24) is 10.0 Å². The van der Waals surface area contributed by atoms with Crippen molar-refractivity contribution < 1.29 is 13.2 Å². The van der Waals surface area contributed by atoms with Crippen molar-refractivity contribution in [2.45, 2.75) is 50.5 Å². The Bertz CT molecular complexity index is 698. The summed E-state index contributed by atoms with van der Waals surface area (Å²) in [5.41, 5.74) is 0.510. The van der Waals surface area contributed by atoms with Crippen LogP contribution in [0.15, 0.2) is 34.2 Å². The minimum absolute atomic E-state index is 0.0930. The van der Waals surface area contributed by atoms with Gasteiger partial charge in [-0.05, 0) is 25.5 Å². The highest BCUT2D eigenvalue weighted by molar-refractivity contribution is 7.90. The van der Waals surface area contributed by atoms with Crippen LogP contribution in [0.5, 0.6) is 0 Å². The lowest BCUT2D eigenvalue weighted by atomic mass is 10.1. The molecule has 2 N–H and O–H groups in total. The Hall–Kier alpha value is -1.89. The predicted octanol–water partition coefficient (Wildman–Crippen LogP) is 1.81. The number of sulfonamides is 1. The van der Waals surface area contributed by atoms with Gasteiger partial charge in [0.2, 0.25) is 5.91 Å². The zero-order chi connectivity index (χ0) is 16.9. The lowest BCUT2D eigenvalue weighted by Gasteiger charge is -2.12. The standard InChI is InChI=1S/C16H23N3O3S/c1-3-4-5-8-12(2)18-15(20)11-17-16-13-9-6-7-10-14(13)23(21,22)19-16/h6-7,9-10,12H,3-5,8,11H2,1-2H3,(H,17,19)(H,18,20). The first-order chi connectivity index (χ1) is 10.9. The number of hydrogen-bond acceptors (Lipinski definition) is 4. The summed E-state index contributed by atoms with van der Waals surface area (Å²) in [5, 5.41) is 2.88. The normalized spacial score (nSPS) is 18.3. The maximum Gasteiger partial charge on any atom is 0.263 e. The molecule has 1 aliphatic rings. The van der Waals surface area contributed by atoms with Crippen LogP contribution < -0.4 is 10.0 Å². The lowest BCUT2D eigenvalue weighted by molar-refractivity contribution is -0.120. The molecule has 126 valence electrons. The molecule has 7 heteroatoms. The van der Waals surface area contributed by atoms with Gasteiger partial charge in [0, 0.05) is 11.6 Å². The summed E-state index contributed by atoms with van der Waals surface area (Å²) < 4.78 is 26.3. The first-order valence-electron chi connectivity index (χ1n) is 7.90. The molecule has 1 heterocycles. The fourth-order valence-corrected chi connectivity index (χ4v) is 3.75. The highest BCUT2D eigenvalue weighted by Gasteiger charge is 2.30. The van der Waals surface area contributed by atoms with Crippen LogP contribution >= 0.6 is 0 Å². The van der Waals surface area contributed by atoms with Gasteiger partial charge in [-0.3, -0.25) is 14.5 Å². The molecule has 0 saturated carbocycles. The number of unbranched alkanes of at least 4 members (excludes halogenated alkanes) is 2. The molecule has 1 atom stereocenters. The van der Waals surface area contributed by atoms with E-state index in [1.165, 1.54) is 6.07 Å². The molecule has 0 fully saturated rings. The number of carbonyl (C=O) groups is 1. The van der Waals surface area contributed by atoms with Crippen molar-refractivity contribution in [3.63, 3.8) is 0 Å². The molecule has 0 bridgehead atoms. The third-order valence-electron chi connectivity index (χ3n) is 3.69. The van der Waals surface area contributed by atoms with E-state index in [1.807, 2.05) is 6.92 Å². The van der Waals surface area contributed by atoms with Gasteiger partial charge in [-0.25, -0.2) is 8.42 Å². The van der Waals surface area contributed by atoms with Gasteiger partial charge >= 0.3 is 0 Å².